The maximum atomic E-state index is 6.68. The lowest BCUT2D eigenvalue weighted by molar-refractivity contribution is 0.478. The first-order valence-corrected chi connectivity index (χ1v) is 12.8. The van der Waals surface area contributed by atoms with Gasteiger partial charge in [0.25, 0.3) is 0 Å². The largest absolute Gasteiger partial charge is 0.456 e. The molecular weight excluding hydrogens is 460 g/mol. The van der Waals surface area contributed by atoms with Crippen molar-refractivity contribution in [1.29, 1.82) is 0 Å². The highest BCUT2D eigenvalue weighted by molar-refractivity contribution is 5.96. The number of piperidine rings is 1. The highest BCUT2D eigenvalue weighted by Gasteiger charge is 2.17. The Labute approximate surface area is 216 Å². The Kier molecular flexibility index (Phi) is 6.28. The van der Waals surface area contributed by atoms with Gasteiger partial charge in [-0.15, -0.1) is 0 Å². The fraction of sp³-hybridized carbons (Fsp3) is 0.233. The first kappa shape index (κ1) is 23.2. The maximum Gasteiger partial charge on any atom is 0.223 e. The van der Waals surface area contributed by atoms with Gasteiger partial charge in [-0.3, -0.25) is 0 Å². The Morgan fingerprint density at radius 3 is 2.70 bits per heavy atom. The third kappa shape index (κ3) is 4.66. The van der Waals surface area contributed by atoms with Gasteiger partial charge in [0.15, 0.2) is 0 Å². The molecule has 1 aliphatic rings. The molecule has 0 saturated carbocycles. The predicted octanol–water partition coefficient (Wildman–Crippen LogP) is 6.06. The summed E-state index contributed by atoms with van der Waals surface area (Å²) in [5, 5.41) is 13.6. The smallest absolute Gasteiger partial charge is 0.223 e. The molecule has 5 aromatic rings. The lowest BCUT2D eigenvalue weighted by Crippen LogP contribution is -2.38. The van der Waals surface area contributed by atoms with E-state index in [1.165, 1.54) is 0 Å². The van der Waals surface area contributed by atoms with Crippen LogP contribution in [0.1, 0.15) is 24.1 Å². The summed E-state index contributed by atoms with van der Waals surface area (Å²) in [7, 11) is 0. The number of nitrogens with zero attached hydrogens (tertiary/aromatic N) is 4. The second kappa shape index (κ2) is 10.0. The summed E-state index contributed by atoms with van der Waals surface area (Å²) in [6.07, 6.45) is 5.89. The molecule has 0 aliphatic carbocycles. The quantitative estimate of drug-likeness (QED) is 0.302. The number of nitrogens with one attached hydrogen (secondary N) is 2. The summed E-state index contributed by atoms with van der Waals surface area (Å²) in [5.41, 5.74) is 4.92. The van der Waals surface area contributed by atoms with Crippen molar-refractivity contribution in [2.24, 2.45) is 0 Å². The number of para-hydroxylation sites is 1. The van der Waals surface area contributed by atoms with Crippen LogP contribution in [0.2, 0.25) is 0 Å². The van der Waals surface area contributed by atoms with E-state index in [0.29, 0.717) is 12.0 Å². The van der Waals surface area contributed by atoms with Gasteiger partial charge in [0, 0.05) is 47.0 Å². The number of ether oxygens (including phenoxy) is 1. The van der Waals surface area contributed by atoms with E-state index in [0.717, 1.165) is 76.4 Å². The van der Waals surface area contributed by atoms with E-state index in [2.05, 4.69) is 64.9 Å². The minimum Gasteiger partial charge on any atom is -0.456 e. The third-order valence-corrected chi connectivity index (χ3v) is 6.91. The molecule has 2 N–H and O–H groups in total. The highest BCUT2D eigenvalue weighted by Crippen LogP contribution is 2.39. The van der Waals surface area contributed by atoms with E-state index in [-0.39, 0.29) is 0 Å². The maximum absolute atomic E-state index is 6.68. The van der Waals surface area contributed by atoms with Crippen LogP contribution in [0.15, 0.2) is 79.1 Å². The highest BCUT2D eigenvalue weighted by atomic mass is 16.5. The number of aromatic nitrogens is 4. The molecule has 186 valence electrons. The van der Waals surface area contributed by atoms with Crippen LogP contribution in [0, 0.1) is 13.8 Å². The summed E-state index contributed by atoms with van der Waals surface area (Å²) < 4.78 is 8.64. The number of aryl methyl sites for hydroxylation is 2. The van der Waals surface area contributed by atoms with Gasteiger partial charge < -0.3 is 15.4 Å². The molecule has 3 heterocycles. The Hall–Kier alpha value is -4.23. The molecule has 1 aliphatic heterocycles. The number of benzene rings is 3. The van der Waals surface area contributed by atoms with Gasteiger partial charge in [0.05, 0.1) is 11.4 Å². The number of anilines is 1. The van der Waals surface area contributed by atoms with Crippen molar-refractivity contribution in [2.75, 3.05) is 18.4 Å². The van der Waals surface area contributed by atoms with E-state index in [4.69, 9.17) is 9.72 Å². The zero-order valence-electron chi connectivity index (χ0n) is 21.1. The number of rotatable bonds is 6. The Bertz CT molecular complexity index is 1550. The third-order valence-electron chi connectivity index (χ3n) is 6.91. The topological polar surface area (TPSA) is 76.9 Å². The number of hydrogen-bond acceptors (Lipinski definition) is 6. The average Bonchev–Trinajstić information content (AvgIpc) is 3.36. The second-order valence-corrected chi connectivity index (χ2v) is 9.52. The lowest BCUT2D eigenvalue weighted by Gasteiger charge is -2.23. The zero-order chi connectivity index (χ0) is 25.2. The molecule has 0 bridgehead atoms. The fourth-order valence-electron chi connectivity index (χ4n) is 4.98. The molecule has 0 amide bonds. The van der Waals surface area contributed by atoms with Crippen molar-refractivity contribution >= 4 is 16.7 Å². The van der Waals surface area contributed by atoms with Crippen molar-refractivity contribution < 1.29 is 4.74 Å². The molecule has 7 heteroatoms. The van der Waals surface area contributed by atoms with Crippen LogP contribution in [-0.2, 0) is 0 Å². The molecule has 0 radical (unpaired) electrons. The van der Waals surface area contributed by atoms with E-state index in [1.54, 1.807) is 6.20 Å². The summed E-state index contributed by atoms with van der Waals surface area (Å²) in [6, 6.07) is 22.8. The van der Waals surface area contributed by atoms with Crippen molar-refractivity contribution in [3.8, 4) is 28.4 Å². The Balaban J connectivity index is 1.37. The van der Waals surface area contributed by atoms with Crippen LogP contribution in [-0.4, -0.2) is 38.9 Å². The van der Waals surface area contributed by atoms with Gasteiger partial charge in [-0.2, -0.15) is 5.10 Å². The van der Waals surface area contributed by atoms with E-state index in [1.807, 2.05) is 47.3 Å². The summed E-state index contributed by atoms with van der Waals surface area (Å²) in [4.78, 5) is 9.31. The number of fused-ring (bicyclic) bond motifs is 1. The minimum atomic E-state index is 0.335. The van der Waals surface area contributed by atoms with Crippen molar-refractivity contribution in [1.82, 2.24) is 25.1 Å². The molecule has 6 rings (SSSR count). The molecule has 1 saturated heterocycles. The summed E-state index contributed by atoms with van der Waals surface area (Å²) in [6.45, 7) is 6.13. The lowest BCUT2D eigenvalue weighted by atomic mass is 10.0. The van der Waals surface area contributed by atoms with Crippen molar-refractivity contribution in [3.05, 3.63) is 90.4 Å². The van der Waals surface area contributed by atoms with E-state index in [9.17, 15) is 0 Å². The SMILES string of the molecule is Cc1ccc2c(-n3nccc3C)cccc2c1Oc1ccccc1-c1ccnc(N[C@H]2CCCNC2)n1. The molecule has 0 spiro atoms. The van der Waals surface area contributed by atoms with Gasteiger partial charge >= 0.3 is 0 Å². The number of hydrogen-bond donors (Lipinski definition) is 2. The van der Waals surface area contributed by atoms with Crippen molar-refractivity contribution in [3.63, 3.8) is 0 Å². The minimum absolute atomic E-state index is 0.335. The van der Waals surface area contributed by atoms with Gasteiger partial charge in [-0.05, 0) is 69.1 Å². The average molecular weight is 491 g/mol. The summed E-state index contributed by atoms with van der Waals surface area (Å²) in [5.74, 6) is 2.22. The fourth-order valence-corrected chi connectivity index (χ4v) is 4.98. The monoisotopic (exact) mass is 490 g/mol. The van der Waals surface area contributed by atoms with Crippen LogP contribution < -0.4 is 15.4 Å². The van der Waals surface area contributed by atoms with Gasteiger partial charge in [0.1, 0.15) is 11.5 Å². The Morgan fingerprint density at radius 2 is 1.86 bits per heavy atom. The van der Waals surface area contributed by atoms with Gasteiger partial charge in [-0.1, -0.05) is 36.4 Å². The van der Waals surface area contributed by atoms with Crippen molar-refractivity contribution in [2.45, 2.75) is 32.7 Å². The first-order valence-electron chi connectivity index (χ1n) is 12.8. The zero-order valence-corrected chi connectivity index (χ0v) is 21.1. The van der Waals surface area contributed by atoms with Gasteiger partial charge in [-0.25, -0.2) is 14.6 Å². The molecule has 0 unspecified atom stereocenters. The van der Waals surface area contributed by atoms with Crippen LogP contribution >= 0.6 is 0 Å². The van der Waals surface area contributed by atoms with Crippen LogP contribution in [0.25, 0.3) is 27.7 Å². The van der Waals surface area contributed by atoms with Gasteiger partial charge in [0.2, 0.25) is 5.95 Å². The molecule has 2 aromatic heterocycles. The van der Waals surface area contributed by atoms with Crippen LogP contribution in [0.5, 0.6) is 11.5 Å². The normalized spacial score (nSPS) is 15.6. The molecule has 1 fully saturated rings. The Morgan fingerprint density at radius 1 is 0.946 bits per heavy atom. The van der Waals surface area contributed by atoms with Crippen LogP contribution in [0.3, 0.4) is 0 Å². The molecular formula is C30H30N6O. The van der Waals surface area contributed by atoms with E-state index >= 15 is 0 Å². The second-order valence-electron chi connectivity index (χ2n) is 9.52. The molecule has 37 heavy (non-hydrogen) atoms. The predicted molar refractivity (Wildman–Crippen MR) is 148 cm³/mol. The van der Waals surface area contributed by atoms with E-state index < -0.39 is 0 Å². The molecule has 7 nitrogen and oxygen atoms in total. The standard InChI is InChI=1S/C30H30N6O/c1-20-12-13-23-24(9-5-10-27(23)36-21(2)14-18-33-36)29(20)37-28-11-4-3-8-25(28)26-15-17-32-30(35-26)34-22-7-6-16-31-19-22/h3-5,8-15,17-18,22,31H,6-7,16,19H2,1-2H3,(H,32,34,35)/t22-/m0/s1. The molecule has 1 atom stereocenters. The summed E-state index contributed by atoms with van der Waals surface area (Å²) >= 11 is 0. The van der Waals surface area contributed by atoms with Crippen LogP contribution in [0.4, 0.5) is 5.95 Å². The first-order chi connectivity index (χ1) is 18.2. The molecule has 3 aromatic carbocycles.